The number of anilines is 1. The van der Waals surface area contributed by atoms with Crippen molar-refractivity contribution < 1.29 is 0 Å². The Labute approximate surface area is 157 Å². The first kappa shape index (κ1) is 14.9. The maximum atomic E-state index is 4.92. The number of aromatic nitrogens is 3. The molecule has 3 N–H and O–H groups in total. The summed E-state index contributed by atoms with van der Waals surface area (Å²) in [5.74, 6) is 0.633. The average Bonchev–Trinajstić information content (AvgIpc) is 3.06. The lowest BCUT2D eigenvalue weighted by Gasteiger charge is -2.05. The Bertz CT molecular complexity index is 1240. The number of hydrogen-bond donors (Lipinski definition) is 3. The molecule has 0 atom stereocenters. The van der Waals surface area contributed by atoms with Crippen LogP contribution in [-0.4, -0.2) is 15.0 Å². The summed E-state index contributed by atoms with van der Waals surface area (Å²) in [7, 11) is 0. The second kappa shape index (κ2) is 5.61. The normalized spacial score (nSPS) is 15.7. The van der Waals surface area contributed by atoms with Crippen LogP contribution in [0, 0.1) is 0 Å². The van der Waals surface area contributed by atoms with Crippen molar-refractivity contribution >= 4 is 39.9 Å². The van der Waals surface area contributed by atoms with Crippen LogP contribution in [0.15, 0.2) is 48.5 Å². The fraction of sp³-hybridized carbons (Fsp3) is 0.174. The molecule has 0 amide bonds. The van der Waals surface area contributed by atoms with E-state index in [1.165, 1.54) is 29.7 Å². The van der Waals surface area contributed by atoms with Gasteiger partial charge in [-0.3, -0.25) is 0 Å². The van der Waals surface area contributed by atoms with Crippen LogP contribution in [0.2, 0.25) is 0 Å². The topological polar surface area (TPSA) is 56.5 Å². The highest BCUT2D eigenvalue weighted by molar-refractivity contribution is 5.78. The molecule has 0 spiro atoms. The summed E-state index contributed by atoms with van der Waals surface area (Å²) in [6.45, 7) is 0.864. The van der Waals surface area contributed by atoms with Crippen molar-refractivity contribution in [2.24, 2.45) is 0 Å². The van der Waals surface area contributed by atoms with E-state index in [0.717, 1.165) is 40.0 Å². The maximum absolute atomic E-state index is 4.92. The first-order valence-corrected chi connectivity index (χ1v) is 9.55. The third-order valence-corrected chi connectivity index (χ3v) is 5.44. The Morgan fingerprint density at radius 2 is 1.48 bits per heavy atom. The van der Waals surface area contributed by atoms with Crippen LogP contribution < -0.4 is 5.32 Å². The van der Waals surface area contributed by atoms with Crippen LogP contribution in [0.4, 0.5) is 5.69 Å². The Morgan fingerprint density at radius 3 is 2.22 bits per heavy atom. The van der Waals surface area contributed by atoms with Crippen molar-refractivity contribution in [2.45, 2.75) is 25.3 Å². The van der Waals surface area contributed by atoms with Crippen LogP contribution in [0.1, 0.15) is 41.3 Å². The predicted molar refractivity (Wildman–Crippen MR) is 111 cm³/mol. The molecule has 4 heteroatoms. The van der Waals surface area contributed by atoms with E-state index in [2.05, 4.69) is 76.0 Å². The fourth-order valence-corrected chi connectivity index (χ4v) is 4.02. The predicted octanol–water partition coefficient (Wildman–Crippen LogP) is 5.58. The molecule has 1 saturated carbocycles. The standard InChI is InChI=1S/C23H20N4/c1-2-15(1)23-21-8-7-20(27-21)12-19-6-5-18(26-19)11-17-4-3-16(25-17)9-14-10-22(23)24-13-14/h3-12,15,24-26H,1-2,13H2. The first-order valence-electron chi connectivity index (χ1n) is 9.55. The van der Waals surface area contributed by atoms with Gasteiger partial charge >= 0.3 is 0 Å². The summed E-state index contributed by atoms with van der Waals surface area (Å²) in [5.41, 5.74) is 10.4. The van der Waals surface area contributed by atoms with E-state index < -0.39 is 0 Å². The van der Waals surface area contributed by atoms with E-state index in [1.807, 2.05) is 0 Å². The molecule has 4 nitrogen and oxygen atoms in total. The number of fused-ring (bicyclic) bond motifs is 8. The Hall–Kier alpha value is -3.27. The van der Waals surface area contributed by atoms with E-state index in [-0.39, 0.29) is 0 Å². The van der Waals surface area contributed by atoms with Gasteiger partial charge < -0.3 is 15.3 Å². The van der Waals surface area contributed by atoms with Gasteiger partial charge in [0, 0.05) is 39.9 Å². The molecule has 0 unspecified atom stereocenters. The molecule has 3 aliphatic rings. The quantitative estimate of drug-likeness (QED) is 0.419. The lowest BCUT2D eigenvalue weighted by atomic mass is 10.1. The van der Waals surface area contributed by atoms with Gasteiger partial charge in [-0.25, -0.2) is 4.98 Å². The number of hydrogen-bond acceptors (Lipinski definition) is 2. The number of nitrogens with one attached hydrogen (secondary N) is 3. The lowest BCUT2D eigenvalue weighted by molar-refractivity contribution is 1.09. The summed E-state index contributed by atoms with van der Waals surface area (Å²) < 4.78 is 0. The maximum Gasteiger partial charge on any atom is 0.0693 e. The Kier molecular flexibility index (Phi) is 3.09. The third kappa shape index (κ3) is 2.74. The third-order valence-electron chi connectivity index (χ3n) is 5.44. The Balaban J connectivity index is 1.70. The smallest absolute Gasteiger partial charge is 0.0693 e. The summed E-state index contributed by atoms with van der Waals surface area (Å²) in [4.78, 5) is 11.9. The largest absolute Gasteiger partial charge is 0.381 e. The zero-order valence-corrected chi connectivity index (χ0v) is 14.9. The van der Waals surface area contributed by atoms with Crippen LogP contribution in [0.3, 0.4) is 0 Å². The molecule has 8 bridgehead atoms. The van der Waals surface area contributed by atoms with E-state index in [9.17, 15) is 0 Å². The number of rotatable bonds is 1. The first-order chi connectivity index (χ1) is 13.3. The number of nitrogens with zero attached hydrogens (tertiary/aromatic N) is 1. The van der Waals surface area contributed by atoms with Crippen molar-refractivity contribution in [2.75, 3.05) is 5.32 Å². The van der Waals surface area contributed by atoms with Crippen LogP contribution in [0.25, 0.3) is 34.2 Å². The van der Waals surface area contributed by atoms with Gasteiger partial charge in [-0.05, 0) is 85.0 Å². The second-order valence-electron chi connectivity index (χ2n) is 7.60. The molecular formula is C23H20N4. The highest BCUT2D eigenvalue weighted by atomic mass is 14.9. The zero-order chi connectivity index (χ0) is 17.8. The summed E-state index contributed by atoms with van der Waals surface area (Å²) >= 11 is 0. The van der Waals surface area contributed by atoms with Crippen molar-refractivity contribution in [3.05, 3.63) is 71.0 Å². The molecule has 27 heavy (non-hydrogen) atoms. The highest BCUT2D eigenvalue weighted by Gasteiger charge is 2.29. The minimum Gasteiger partial charge on any atom is -0.381 e. The van der Waals surface area contributed by atoms with Crippen LogP contribution in [0.5, 0.6) is 0 Å². The molecule has 6 rings (SSSR count). The van der Waals surface area contributed by atoms with Gasteiger partial charge in [0.05, 0.1) is 11.4 Å². The fourth-order valence-electron chi connectivity index (χ4n) is 4.02. The summed E-state index contributed by atoms with van der Waals surface area (Å²) in [6, 6.07) is 17.2. The highest BCUT2D eigenvalue weighted by Crippen LogP contribution is 2.46. The SMILES string of the molecule is C1=Cc2nc1cc1ccc(cc3ccc(cc4cc(c2C2CC2)NC4)[nH]3)[nH]1. The summed E-state index contributed by atoms with van der Waals surface area (Å²) in [5, 5.41) is 3.60. The van der Waals surface area contributed by atoms with Crippen molar-refractivity contribution in [3.8, 4) is 0 Å². The van der Waals surface area contributed by atoms with Gasteiger partial charge in [0.1, 0.15) is 0 Å². The molecular weight excluding hydrogens is 332 g/mol. The molecule has 132 valence electrons. The monoisotopic (exact) mass is 352 g/mol. The van der Waals surface area contributed by atoms with Gasteiger partial charge in [-0.1, -0.05) is 0 Å². The molecule has 2 aliphatic heterocycles. The molecule has 0 aromatic carbocycles. The van der Waals surface area contributed by atoms with Crippen molar-refractivity contribution in [1.29, 1.82) is 0 Å². The lowest BCUT2D eigenvalue weighted by Crippen LogP contribution is -1.95. The molecule has 3 aromatic rings. The van der Waals surface area contributed by atoms with Gasteiger partial charge in [0.2, 0.25) is 0 Å². The van der Waals surface area contributed by atoms with Crippen molar-refractivity contribution in [3.63, 3.8) is 0 Å². The van der Waals surface area contributed by atoms with Gasteiger partial charge in [-0.15, -0.1) is 0 Å². The average molecular weight is 352 g/mol. The zero-order valence-electron chi connectivity index (χ0n) is 14.9. The molecule has 0 radical (unpaired) electrons. The minimum absolute atomic E-state index is 0.633. The Morgan fingerprint density at radius 1 is 0.778 bits per heavy atom. The molecule has 1 aliphatic carbocycles. The summed E-state index contributed by atoms with van der Waals surface area (Å²) in [6.07, 6.45) is 6.79. The van der Waals surface area contributed by atoms with Crippen LogP contribution in [-0.2, 0) is 6.54 Å². The number of aromatic amines is 2. The van der Waals surface area contributed by atoms with E-state index in [0.29, 0.717) is 5.92 Å². The molecule has 3 aromatic heterocycles. The van der Waals surface area contributed by atoms with E-state index in [1.54, 1.807) is 0 Å². The van der Waals surface area contributed by atoms with Crippen LogP contribution >= 0.6 is 0 Å². The minimum atomic E-state index is 0.633. The van der Waals surface area contributed by atoms with Gasteiger partial charge in [0.15, 0.2) is 0 Å². The second-order valence-corrected chi connectivity index (χ2v) is 7.60. The van der Waals surface area contributed by atoms with Crippen molar-refractivity contribution in [1.82, 2.24) is 15.0 Å². The van der Waals surface area contributed by atoms with Gasteiger partial charge in [0.25, 0.3) is 0 Å². The molecule has 1 fully saturated rings. The van der Waals surface area contributed by atoms with E-state index >= 15 is 0 Å². The van der Waals surface area contributed by atoms with E-state index in [4.69, 9.17) is 4.98 Å². The molecule has 5 heterocycles. The molecule has 0 saturated heterocycles. The van der Waals surface area contributed by atoms with Gasteiger partial charge in [-0.2, -0.15) is 0 Å². The number of H-pyrrole nitrogens is 2.